The number of benzene rings is 1. The molecule has 0 aliphatic heterocycles. The van der Waals surface area contributed by atoms with Gasteiger partial charge in [0, 0.05) is 11.3 Å². The van der Waals surface area contributed by atoms with E-state index in [-0.39, 0.29) is 5.78 Å². The second-order valence-corrected chi connectivity index (χ2v) is 4.10. The van der Waals surface area contributed by atoms with Crippen LogP contribution in [0.25, 0.3) is 0 Å². The van der Waals surface area contributed by atoms with Crippen LogP contribution in [0, 0.1) is 0 Å². The lowest BCUT2D eigenvalue weighted by Crippen LogP contribution is -2.02. The first kappa shape index (κ1) is 10.2. The van der Waals surface area contributed by atoms with Crippen LogP contribution in [0.1, 0.15) is 29.6 Å². The summed E-state index contributed by atoms with van der Waals surface area (Å²) in [6.45, 7) is 0. The number of halogens is 1. The maximum absolute atomic E-state index is 12.0. The number of carbonyl (C=O) groups excluding carboxylic acids is 1. The first-order valence-corrected chi connectivity index (χ1v) is 5.35. The molecule has 0 fully saturated rings. The maximum atomic E-state index is 12.0. The van der Waals surface area contributed by atoms with Crippen molar-refractivity contribution in [1.82, 2.24) is 0 Å². The van der Waals surface area contributed by atoms with E-state index in [4.69, 9.17) is 17.3 Å². The molecule has 0 atom stereocenters. The Morgan fingerprint density at radius 1 is 1.40 bits per heavy atom. The minimum absolute atomic E-state index is 0.0394. The van der Waals surface area contributed by atoms with Crippen LogP contribution >= 0.6 is 11.6 Å². The van der Waals surface area contributed by atoms with Crippen molar-refractivity contribution in [3.05, 3.63) is 40.4 Å². The van der Waals surface area contributed by atoms with E-state index in [9.17, 15) is 4.79 Å². The summed E-state index contributed by atoms with van der Waals surface area (Å²) in [5.41, 5.74) is 7.58. The lowest BCUT2D eigenvalue weighted by atomic mass is 10.0. The Kier molecular flexibility index (Phi) is 2.78. The molecule has 1 aliphatic rings. The van der Waals surface area contributed by atoms with Crippen molar-refractivity contribution in [3.8, 4) is 0 Å². The number of hydrogen-bond acceptors (Lipinski definition) is 2. The van der Waals surface area contributed by atoms with Crippen molar-refractivity contribution in [1.29, 1.82) is 0 Å². The zero-order valence-corrected chi connectivity index (χ0v) is 9.05. The lowest BCUT2D eigenvalue weighted by Gasteiger charge is -2.04. The summed E-state index contributed by atoms with van der Waals surface area (Å²) in [7, 11) is 0. The Bertz CT molecular complexity index is 437. The molecule has 0 radical (unpaired) electrons. The number of anilines is 1. The summed E-state index contributed by atoms with van der Waals surface area (Å²) < 4.78 is 0. The number of hydrogen-bond donors (Lipinski definition) is 1. The fourth-order valence-corrected chi connectivity index (χ4v) is 2.04. The van der Waals surface area contributed by atoms with E-state index in [0.717, 1.165) is 24.8 Å². The molecule has 2 nitrogen and oxygen atoms in total. The van der Waals surface area contributed by atoms with E-state index < -0.39 is 0 Å². The highest BCUT2D eigenvalue weighted by molar-refractivity contribution is 6.35. The average Bonchev–Trinajstić information content (AvgIpc) is 2.69. The Hall–Kier alpha value is -1.28. The number of nitrogen functional groups attached to an aromatic ring is 1. The van der Waals surface area contributed by atoms with Crippen molar-refractivity contribution >= 4 is 23.1 Å². The van der Waals surface area contributed by atoms with Crippen LogP contribution in [0.3, 0.4) is 0 Å². The van der Waals surface area contributed by atoms with Gasteiger partial charge in [-0.25, -0.2) is 0 Å². The molecule has 1 aromatic carbocycles. The molecular formula is C12H12ClNO. The van der Waals surface area contributed by atoms with E-state index >= 15 is 0 Å². The van der Waals surface area contributed by atoms with Crippen molar-refractivity contribution in [3.63, 3.8) is 0 Å². The van der Waals surface area contributed by atoms with E-state index in [2.05, 4.69) is 0 Å². The second kappa shape index (κ2) is 4.07. The van der Waals surface area contributed by atoms with Gasteiger partial charge in [-0.1, -0.05) is 17.7 Å². The molecule has 0 unspecified atom stereocenters. The van der Waals surface area contributed by atoms with Gasteiger partial charge in [-0.2, -0.15) is 0 Å². The quantitative estimate of drug-likeness (QED) is 0.616. The van der Waals surface area contributed by atoms with Gasteiger partial charge in [0.1, 0.15) is 0 Å². The standard InChI is InChI=1S/C12H12ClNO/c13-11-7-9(14)5-6-10(11)12(15)8-3-1-2-4-8/h3,5-7H,1-2,4,14H2. The number of allylic oxidation sites excluding steroid dienone is 2. The Labute approximate surface area is 93.7 Å². The summed E-state index contributed by atoms with van der Waals surface area (Å²) >= 11 is 5.97. The minimum Gasteiger partial charge on any atom is -0.399 e. The molecule has 3 heteroatoms. The number of carbonyl (C=O) groups is 1. The van der Waals surface area contributed by atoms with Crippen molar-refractivity contribution in [2.45, 2.75) is 19.3 Å². The molecular weight excluding hydrogens is 210 g/mol. The first-order chi connectivity index (χ1) is 7.18. The van der Waals surface area contributed by atoms with E-state index in [1.54, 1.807) is 18.2 Å². The number of nitrogens with two attached hydrogens (primary N) is 1. The third kappa shape index (κ3) is 2.05. The predicted molar refractivity (Wildman–Crippen MR) is 62.1 cm³/mol. The van der Waals surface area contributed by atoms with Crippen molar-refractivity contribution in [2.75, 3.05) is 5.73 Å². The van der Waals surface area contributed by atoms with E-state index in [0.29, 0.717) is 16.3 Å². The molecule has 78 valence electrons. The van der Waals surface area contributed by atoms with Crippen LogP contribution in [-0.2, 0) is 0 Å². The van der Waals surface area contributed by atoms with E-state index in [1.807, 2.05) is 6.08 Å². The summed E-state index contributed by atoms with van der Waals surface area (Å²) in [6.07, 6.45) is 4.91. The molecule has 2 N–H and O–H groups in total. The summed E-state index contributed by atoms with van der Waals surface area (Å²) in [6, 6.07) is 5.01. The highest BCUT2D eigenvalue weighted by Crippen LogP contribution is 2.26. The third-order valence-corrected chi connectivity index (χ3v) is 2.88. The van der Waals surface area contributed by atoms with Gasteiger partial charge < -0.3 is 5.73 Å². The van der Waals surface area contributed by atoms with Gasteiger partial charge in [-0.3, -0.25) is 4.79 Å². The minimum atomic E-state index is 0.0394. The highest BCUT2D eigenvalue weighted by atomic mass is 35.5. The third-order valence-electron chi connectivity index (χ3n) is 2.57. The fourth-order valence-electron chi connectivity index (χ4n) is 1.77. The van der Waals surface area contributed by atoms with Crippen LogP contribution in [0.15, 0.2) is 29.8 Å². The number of ketones is 1. The zero-order chi connectivity index (χ0) is 10.8. The second-order valence-electron chi connectivity index (χ2n) is 3.69. The lowest BCUT2D eigenvalue weighted by molar-refractivity contribution is 0.103. The van der Waals surface area contributed by atoms with Crippen LogP contribution in [0.5, 0.6) is 0 Å². The monoisotopic (exact) mass is 221 g/mol. The topological polar surface area (TPSA) is 43.1 Å². The van der Waals surface area contributed by atoms with E-state index in [1.165, 1.54) is 0 Å². The molecule has 0 heterocycles. The normalized spacial score (nSPS) is 15.1. The fraction of sp³-hybridized carbons (Fsp3) is 0.250. The molecule has 2 rings (SSSR count). The molecule has 0 spiro atoms. The smallest absolute Gasteiger partial charge is 0.190 e. The van der Waals surface area contributed by atoms with Gasteiger partial charge in [0.05, 0.1) is 5.02 Å². The van der Waals surface area contributed by atoms with Gasteiger partial charge in [-0.15, -0.1) is 0 Å². The zero-order valence-electron chi connectivity index (χ0n) is 8.29. The van der Waals surface area contributed by atoms with Crippen LogP contribution in [-0.4, -0.2) is 5.78 Å². The molecule has 0 bridgehead atoms. The molecule has 15 heavy (non-hydrogen) atoms. The molecule has 1 aromatic rings. The maximum Gasteiger partial charge on any atom is 0.190 e. The van der Waals surface area contributed by atoms with Gasteiger partial charge in [-0.05, 0) is 43.0 Å². The molecule has 1 aliphatic carbocycles. The number of rotatable bonds is 2. The van der Waals surface area contributed by atoms with Crippen molar-refractivity contribution in [2.24, 2.45) is 0 Å². The summed E-state index contributed by atoms with van der Waals surface area (Å²) in [5.74, 6) is 0.0394. The van der Waals surface area contributed by atoms with Crippen LogP contribution < -0.4 is 5.73 Å². The Morgan fingerprint density at radius 2 is 2.20 bits per heavy atom. The van der Waals surface area contributed by atoms with Crippen LogP contribution in [0.4, 0.5) is 5.69 Å². The molecule has 0 aromatic heterocycles. The molecule has 0 saturated carbocycles. The Balaban J connectivity index is 2.33. The Morgan fingerprint density at radius 3 is 2.80 bits per heavy atom. The first-order valence-electron chi connectivity index (χ1n) is 4.97. The van der Waals surface area contributed by atoms with Gasteiger partial charge in [0.15, 0.2) is 5.78 Å². The van der Waals surface area contributed by atoms with Gasteiger partial charge in [0.25, 0.3) is 0 Å². The molecule has 0 saturated heterocycles. The van der Waals surface area contributed by atoms with Crippen molar-refractivity contribution < 1.29 is 4.79 Å². The summed E-state index contributed by atoms with van der Waals surface area (Å²) in [5, 5.41) is 0.438. The summed E-state index contributed by atoms with van der Waals surface area (Å²) in [4.78, 5) is 12.0. The average molecular weight is 222 g/mol. The highest BCUT2D eigenvalue weighted by Gasteiger charge is 2.17. The van der Waals surface area contributed by atoms with Gasteiger partial charge >= 0.3 is 0 Å². The number of Topliss-reactive ketones (excluding diaryl/α,β-unsaturated/α-hetero) is 1. The van der Waals surface area contributed by atoms with Crippen LogP contribution in [0.2, 0.25) is 5.02 Å². The van der Waals surface area contributed by atoms with Gasteiger partial charge in [0.2, 0.25) is 0 Å². The largest absolute Gasteiger partial charge is 0.399 e. The predicted octanol–water partition coefficient (Wildman–Crippen LogP) is 3.22. The molecule has 0 amide bonds. The SMILES string of the molecule is Nc1ccc(C(=O)C2=CCCC2)c(Cl)c1.